The number of terminal acetylenes is 1. The fraction of sp³-hybridized carbons (Fsp3) is 0.364. The van der Waals surface area contributed by atoms with Crippen LogP contribution in [0.1, 0.15) is 37.4 Å². The highest BCUT2D eigenvalue weighted by Crippen LogP contribution is 2.27. The number of β-amino-alcohol motifs (C(OH)–C–C–N with tert-alkyl or cyclic N) is 1. The van der Waals surface area contributed by atoms with Crippen molar-refractivity contribution in [1.29, 1.82) is 0 Å². The Morgan fingerprint density at radius 3 is 2.66 bits per heavy atom. The van der Waals surface area contributed by atoms with Crippen molar-refractivity contribution in [3.05, 3.63) is 53.6 Å². The number of anilines is 1. The molecule has 8 nitrogen and oxygen atoms in total. The number of halogens is 1. The molecule has 2 N–H and O–H groups in total. The van der Waals surface area contributed by atoms with Gasteiger partial charge in [0.15, 0.2) is 5.82 Å². The van der Waals surface area contributed by atoms with Gasteiger partial charge in [-0.3, -0.25) is 0 Å². The summed E-state index contributed by atoms with van der Waals surface area (Å²) in [5.74, 6) is 1.97. The first-order valence-electron chi connectivity index (χ1n) is 10.3. The zero-order valence-electron chi connectivity index (χ0n) is 17.7. The van der Waals surface area contributed by atoms with Crippen LogP contribution in [0.25, 0.3) is 5.52 Å². The Kier molecular flexibility index (Phi) is 5.90. The van der Waals surface area contributed by atoms with Gasteiger partial charge in [-0.05, 0) is 24.5 Å². The molecule has 10 heteroatoms. The molecule has 0 spiro atoms. The minimum Gasteiger partial charge on any atom is -0.390 e. The molecule has 2 aromatic heterocycles. The third kappa shape index (κ3) is 3.83. The standard InChI is InChI=1S/C22H24FN5O3S/c1-4-16-20(23)18-12-24-22(26-28(18)21(16)14(2)3)25-17-10-11-27(13-19(17)29)32(30,31)15-8-6-5-7-9-15/h1,5-9,12,14,17,19,29H,10-11,13H2,2-3H3,(H,25,26)/t17-,19-/m1/s1. The Hall–Kier alpha value is -3.00. The lowest BCUT2D eigenvalue weighted by Crippen LogP contribution is -2.51. The van der Waals surface area contributed by atoms with Gasteiger partial charge in [-0.25, -0.2) is 22.3 Å². The molecule has 0 bridgehead atoms. The monoisotopic (exact) mass is 457 g/mol. The molecular weight excluding hydrogens is 433 g/mol. The fourth-order valence-corrected chi connectivity index (χ4v) is 5.46. The highest BCUT2D eigenvalue weighted by atomic mass is 32.2. The van der Waals surface area contributed by atoms with E-state index < -0.39 is 28.0 Å². The fourth-order valence-electron chi connectivity index (χ4n) is 3.96. The minimum absolute atomic E-state index is 0.0617. The van der Waals surface area contributed by atoms with Gasteiger partial charge in [-0.1, -0.05) is 38.0 Å². The minimum atomic E-state index is -3.69. The molecule has 1 aliphatic rings. The Morgan fingerprint density at radius 2 is 2.03 bits per heavy atom. The molecule has 3 aromatic rings. The van der Waals surface area contributed by atoms with Crippen LogP contribution in [0.5, 0.6) is 0 Å². The van der Waals surface area contributed by atoms with Crippen LogP contribution < -0.4 is 5.32 Å². The van der Waals surface area contributed by atoms with Crippen LogP contribution in [0.15, 0.2) is 41.4 Å². The zero-order chi connectivity index (χ0) is 23.0. The first kappa shape index (κ1) is 22.2. The van der Waals surface area contributed by atoms with Gasteiger partial charge in [0, 0.05) is 13.1 Å². The molecule has 1 aromatic carbocycles. The van der Waals surface area contributed by atoms with Crippen LogP contribution in [0, 0.1) is 18.2 Å². The molecule has 0 amide bonds. The predicted molar refractivity (Wildman–Crippen MR) is 118 cm³/mol. The number of sulfonamides is 1. The maximum absolute atomic E-state index is 14.6. The van der Waals surface area contributed by atoms with E-state index in [2.05, 4.69) is 21.3 Å². The van der Waals surface area contributed by atoms with E-state index in [4.69, 9.17) is 6.42 Å². The second-order valence-corrected chi connectivity index (χ2v) is 9.97. The first-order chi connectivity index (χ1) is 15.2. The van der Waals surface area contributed by atoms with Crippen LogP contribution in [0.2, 0.25) is 0 Å². The molecule has 168 valence electrons. The van der Waals surface area contributed by atoms with Crippen LogP contribution in [0.4, 0.5) is 10.3 Å². The summed E-state index contributed by atoms with van der Waals surface area (Å²) in [5, 5.41) is 18.1. The smallest absolute Gasteiger partial charge is 0.243 e. The Bertz CT molecular complexity index is 1280. The van der Waals surface area contributed by atoms with E-state index in [-0.39, 0.29) is 40.9 Å². The number of rotatable bonds is 5. The summed E-state index contributed by atoms with van der Waals surface area (Å²) in [7, 11) is -3.69. The van der Waals surface area contributed by atoms with Crippen LogP contribution >= 0.6 is 0 Å². The maximum atomic E-state index is 14.6. The lowest BCUT2D eigenvalue weighted by atomic mass is 10.0. The second-order valence-electron chi connectivity index (χ2n) is 8.04. The molecule has 2 atom stereocenters. The number of aliphatic hydroxyl groups excluding tert-OH is 1. The first-order valence-corrected chi connectivity index (χ1v) is 11.7. The third-order valence-corrected chi connectivity index (χ3v) is 7.47. The summed E-state index contributed by atoms with van der Waals surface area (Å²) in [5.41, 5.74) is 0.900. The molecule has 0 saturated carbocycles. The van der Waals surface area contributed by atoms with E-state index in [1.54, 1.807) is 18.2 Å². The van der Waals surface area contributed by atoms with Gasteiger partial charge < -0.3 is 10.4 Å². The number of benzene rings is 1. The Morgan fingerprint density at radius 1 is 1.31 bits per heavy atom. The van der Waals surface area contributed by atoms with Crippen LogP contribution in [-0.4, -0.2) is 57.7 Å². The number of aliphatic hydroxyl groups is 1. The quantitative estimate of drug-likeness (QED) is 0.570. The maximum Gasteiger partial charge on any atom is 0.243 e. The number of fused-ring (bicyclic) bond motifs is 1. The average Bonchev–Trinajstić information content (AvgIpc) is 3.07. The lowest BCUT2D eigenvalue weighted by molar-refractivity contribution is 0.0947. The largest absolute Gasteiger partial charge is 0.390 e. The van der Waals surface area contributed by atoms with Crippen molar-refractivity contribution in [3.63, 3.8) is 0 Å². The molecule has 32 heavy (non-hydrogen) atoms. The summed E-state index contributed by atoms with van der Waals surface area (Å²) in [6.07, 6.45) is 6.21. The SMILES string of the molecule is C#Cc1c(F)c2cnc(N[C@@H]3CCN(S(=O)(=O)c4ccccc4)C[C@H]3O)nn2c1C(C)C. The molecule has 3 heterocycles. The molecular formula is C22H24FN5O3S. The van der Waals surface area contributed by atoms with Gasteiger partial charge in [0.25, 0.3) is 0 Å². The van der Waals surface area contributed by atoms with Crippen LogP contribution in [0.3, 0.4) is 0 Å². The molecule has 1 fully saturated rings. The Balaban J connectivity index is 1.55. The molecule has 0 radical (unpaired) electrons. The second kappa shape index (κ2) is 8.50. The zero-order valence-corrected chi connectivity index (χ0v) is 18.6. The van der Waals surface area contributed by atoms with Crippen molar-refractivity contribution >= 4 is 21.5 Å². The highest BCUT2D eigenvalue weighted by molar-refractivity contribution is 7.89. The van der Waals surface area contributed by atoms with Gasteiger partial charge in [0.1, 0.15) is 5.52 Å². The number of aromatic nitrogens is 3. The van der Waals surface area contributed by atoms with Crippen LogP contribution in [-0.2, 0) is 10.0 Å². The summed E-state index contributed by atoms with van der Waals surface area (Å²) < 4.78 is 43.0. The Labute approximate surface area is 186 Å². The number of nitrogens with zero attached hydrogens (tertiary/aromatic N) is 4. The predicted octanol–water partition coefficient (Wildman–Crippen LogP) is 2.21. The molecule has 0 aliphatic carbocycles. The number of piperidine rings is 1. The molecule has 1 saturated heterocycles. The number of nitrogens with one attached hydrogen (secondary N) is 1. The normalized spacial score (nSPS) is 19.9. The van der Waals surface area contributed by atoms with Crippen molar-refractivity contribution in [2.75, 3.05) is 18.4 Å². The lowest BCUT2D eigenvalue weighted by Gasteiger charge is -2.35. The van der Waals surface area contributed by atoms with Crippen molar-refractivity contribution in [2.24, 2.45) is 0 Å². The molecule has 4 rings (SSSR count). The van der Waals surface area contributed by atoms with Crippen molar-refractivity contribution < 1.29 is 17.9 Å². The van der Waals surface area contributed by atoms with E-state index in [1.807, 2.05) is 13.8 Å². The average molecular weight is 458 g/mol. The van der Waals surface area contributed by atoms with E-state index in [9.17, 15) is 17.9 Å². The number of hydrogen-bond acceptors (Lipinski definition) is 6. The molecule has 1 aliphatic heterocycles. The van der Waals surface area contributed by atoms with E-state index in [0.29, 0.717) is 12.1 Å². The van der Waals surface area contributed by atoms with Gasteiger partial charge in [0.05, 0.1) is 34.5 Å². The van der Waals surface area contributed by atoms with Crippen molar-refractivity contribution in [1.82, 2.24) is 18.9 Å². The highest BCUT2D eigenvalue weighted by Gasteiger charge is 2.35. The summed E-state index contributed by atoms with van der Waals surface area (Å²) in [6, 6.07) is 7.65. The summed E-state index contributed by atoms with van der Waals surface area (Å²) in [4.78, 5) is 4.35. The third-order valence-electron chi connectivity index (χ3n) is 5.59. The van der Waals surface area contributed by atoms with E-state index in [0.717, 1.165) is 0 Å². The van der Waals surface area contributed by atoms with Crippen molar-refractivity contribution in [2.45, 2.75) is 43.2 Å². The van der Waals surface area contributed by atoms with Gasteiger partial charge >= 0.3 is 0 Å². The van der Waals surface area contributed by atoms with E-state index in [1.165, 1.54) is 27.2 Å². The van der Waals surface area contributed by atoms with Gasteiger partial charge in [0.2, 0.25) is 16.0 Å². The van der Waals surface area contributed by atoms with Gasteiger partial charge in [-0.15, -0.1) is 11.5 Å². The summed E-state index contributed by atoms with van der Waals surface area (Å²) in [6.45, 7) is 3.95. The van der Waals surface area contributed by atoms with E-state index >= 15 is 0 Å². The van der Waals surface area contributed by atoms with Gasteiger partial charge in [-0.2, -0.15) is 4.31 Å². The topological polar surface area (TPSA) is 99.8 Å². The number of hydrogen-bond donors (Lipinski definition) is 2. The van der Waals surface area contributed by atoms with Crippen molar-refractivity contribution in [3.8, 4) is 12.3 Å². The molecule has 0 unspecified atom stereocenters. The summed E-state index contributed by atoms with van der Waals surface area (Å²) >= 11 is 0.